The smallest absolute Gasteiger partial charge is 0.219 e. The summed E-state index contributed by atoms with van der Waals surface area (Å²) in [5.41, 5.74) is 1.84. The maximum Gasteiger partial charge on any atom is 0.219 e. The first kappa shape index (κ1) is 18.8. The number of nitriles is 2. The third-order valence-electron chi connectivity index (χ3n) is 6.33. The Morgan fingerprint density at radius 2 is 2.03 bits per heavy atom. The van der Waals surface area contributed by atoms with Gasteiger partial charge >= 0.3 is 0 Å². The van der Waals surface area contributed by atoms with Crippen molar-refractivity contribution in [1.29, 1.82) is 10.5 Å². The van der Waals surface area contributed by atoms with Gasteiger partial charge in [0.1, 0.15) is 17.3 Å². The number of nitrogens with zero attached hydrogens (tertiary/aromatic N) is 6. The number of pyridine rings is 1. The van der Waals surface area contributed by atoms with Gasteiger partial charge in [-0.05, 0) is 25.8 Å². The molecule has 0 unspecified atom stereocenters. The fourth-order valence-corrected chi connectivity index (χ4v) is 6.19. The average molecular weight is 421 g/mol. The lowest BCUT2D eigenvalue weighted by Gasteiger charge is -2.48. The van der Waals surface area contributed by atoms with Crippen LogP contribution in [0.4, 0.5) is 0 Å². The zero-order chi connectivity index (χ0) is 21.1. The van der Waals surface area contributed by atoms with Crippen molar-refractivity contribution < 1.29 is 8.42 Å². The van der Waals surface area contributed by atoms with Crippen LogP contribution in [0.3, 0.4) is 0 Å². The summed E-state index contributed by atoms with van der Waals surface area (Å²) < 4.78 is 28.1. The minimum atomic E-state index is -3.38. The van der Waals surface area contributed by atoms with Gasteiger partial charge in [-0.1, -0.05) is 0 Å². The van der Waals surface area contributed by atoms with E-state index in [2.05, 4.69) is 27.2 Å². The second-order valence-electron chi connectivity index (χ2n) is 8.35. The van der Waals surface area contributed by atoms with Crippen LogP contribution in [0.2, 0.25) is 0 Å². The Morgan fingerprint density at radius 3 is 2.70 bits per heavy atom. The molecule has 0 radical (unpaired) electrons. The number of H-pyrrole nitrogens is 1. The molecule has 5 rings (SSSR count). The summed E-state index contributed by atoms with van der Waals surface area (Å²) in [6.45, 7) is 2.22. The lowest BCUT2D eigenvalue weighted by atomic mass is 9.89. The third kappa shape index (κ3) is 2.51. The molecule has 152 valence electrons. The molecule has 1 aliphatic carbocycles. The summed E-state index contributed by atoms with van der Waals surface area (Å²) in [5, 5.41) is 24.2. The monoisotopic (exact) mass is 421 g/mol. The van der Waals surface area contributed by atoms with Crippen molar-refractivity contribution >= 4 is 21.1 Å². The predicted molar refractivity (Wildman–Crippen MR) is 108 cm³/mol. The number of aromatic nitrogens is 4. The first-order chi connectivity index (χ1) is 14.3. The molecule has 0 bridgehead atoms. The molecule has 30 heavy (non-hydrogen) atoms. The molecule has 1 saturated carbocycles. The van der Waals surface area contributed by atoms with Crippen LogP contribution in [-0.2, 0) is 15.6 Å². The number of sulfonamides is 1. The van der Waals surface area contributed by atoms with Crippen molar-refractivity contribution in [3.05, 3.63) is 36.4 Å². The highest BCUT2D eigenvalue weighted by molar-refractivity contribution is 7.90. The summed E-state index contributed by atoms with van der Waals surface area (Å²) in [4.78, 5) is 7.29. The van der Waals surface area contributed by atoms with E-state index in [1.807, 2.05) is 6.07 Å². The normalized spacial score (nSPS) is 19.7. The summed E-state index contributed by atoms with van der Waals surface area (Å²) in [6, 6.07) is 6.21. The van der Waals surface area contributed by atoms with Crippen LogP contribution in [0, 0.1) is 22.7 Å². The van der Waals surface area contributed by atoms with Crippen molar-refractivity contribution in [2.45, 2.75) is 36.5 Å². The molecule has 0 aromatic carbocycles. The number of hydrogen-bond acceptors (Lipinski definition) is 6. The number of hydrogen-bond donors (Lipinski definition) is 1. The molecular formula is C20H19N7O2S. The van der Waals surface area contributed by atoms with Crippen LogP contribution in [0.25, 0.3) is 22.2 Å². The van der Waals surface area contributed by atoms with E-state index in [0.717, 1.165) is 16.5 Å². The Kier molecular flexibility index (Phi) is 3.85. The van der Waals surface area contributed by atoms with E-state index in [0.29, 0.717) is 24.1 Å². The second-order valence-corrected chi connectivity index (χ2v) is 10.8. The van der Waals surface area contributed by atoms with Crippen LogP contribution in [0.1, 0.15) is 31.7 Å². The lowest BCUT2D eigenvalue weighted by molar-refractivity contribution is 0.0707. The van der Waals surface area contributed by atoms with Gasteiger partial charge in [-0.3, -0.25) is 4.68 Å². The van der Waals surface area contributed by atoms with Crippen molar-refractivity contribution in [1.82, 2.24) is 24.1 Å². The average Bonchev–Trinajstić information content (AvgIpc) is 3.10. The molecule has 1 aliphatic heterocycles. The Labute approximate surface area is 173 Å². The minimum absolute atomic E-state index is 0.151. The Balaban J connectivity index is 1.52. The molecule has 1 N–H and O–H groups in total. The van der Waals surface area contributed by atoms with Gasteiger partial charge in [0.15, 0.2) is 0 Å². The van der Waals surface area contributed by atoms with Crippen molar-refractivity contribution in [3.63, 3.8) is 0 Å². The van der Waals surface area contributed by atoms with E-state index < -0.39 is 20.3 Å². The molecule has 10 heteroatoms. The van der Waals surface area contributed by atoms with Crippen molar-refractivity contribution in [2.75, 3.05) is 13.1 Å². The van der Waals surface area contributed by atoms with Crippen molar-refractivity contribution in [3.8, 4) is 23.3 Å². The Hall–Kier alpha value is -3.21. The number of nitrogens with one attached hydrogen (secondary N) is 1. The first-order valence-corrected chi connectivity index (χ1v) is 11.1. The maximum atomic E-state index is 12.8. The minimum Gasteiger partial charge on any atom is -0.346 e. The van der Waals surface area contributed by atoms with Gasteiger partial charge in [0.2, 0.25) is 10.0 Å². The summed E-state index contributed by atoms with van der Waals surface area (Å²) in [7, 11) is -3.38. The molecule has 3 aromatic rings. The standard InChI is InChI=1S/C20H19N7O2S/c1-19(3-4-19)30(28,29)26-12-20(13-26,5-6-21)27-11-15(10-25-27)17-14(8-22)9-24-18-16(17)2-7-23-18/h2,7,9-11H,3-5,12-13H2,1H3,(H,23,24). The molecule has 2 aliphatic rings. The predicted octanol–water partition coefficient (Wildman–Crippen LogP) is 2.10. The van der Waals surface area contributed by atoms with Crippen LogP contribution in [-0.4, -0.2) is 50.3 Å². The number of rotatable bonds is 5. The van der Waals surface area contributed by atoms with E-state index in [4.69, 9.17) is 0 Å². The highest BCUT2D eigenvalue weighted by atomic mass is 32.2. The topological polar surface area (TPSA) is 131 Å². The molecule has 0 spiro atoms. The Bertz CT molecular complexity index is 1350. The summed E-state index contributed by atoms with van der Waals surface area (Å²) >= 11 is 0. The fourth-order valence-electron chi connectivity index (χ4n) is 4.13. The van der Waals surface area contributed by atoms with Gasteiger partial charge in [0.05, 0.1) is 29.0 Å². The molecule has 9 nitrogen and oxygen atoms in total. The van der Waals surface area contributed by atoms with Gasteiger partial charge in [0, 0.05) is 48.2 Å². The summed E-state index contributed by atoms with van der Waals surface area (Å²) in [6.07, 6.45) is 8.23. The van der Waals surface area contributed by atoms with E-state index in [1.54, 1.807) is 30.2 Å². The van der Waals surface area contributed by atoms with Crippen LogP contribution in [0.15, 0.2) is 30.9 Å². The fraction of sp³-hybridized carbons (Fsp3) is 0.400. The van der Waals surface area contributed by atoms with Crippen LogP contribution in [0.5, 0.6) is 0 Å². The zero-order valence-electron chi connectivity index (χ0n) is 16.3. The summed E-state index contributed by atoms with van der Waals surface area (Å²) in [5.74, 6) is 0. The van der Waals surface area contributed by atoms with Crippen LogP contribution < -0.4 is 0 Å². The van der Waals surface area contributed by atoms with E-state index in [1.165, 1.54) is 10.5 Å². The second kappa shape index (κ2) is 6.14. The van der Waals surface area contributed by atoms with Gasteiger partial charge in [-0.2, -0.15) is 19.9 Å². The Morgan fingerprint density at radius 1 is 1.27 bits per heavy atom. The number of fused-ring (bicyclic) bond motifs is 1. The molecule has 2 fully saturated rings. The number of aromatic amines is 1. The zero-order valence-corrected chi connectivity index (χ0v) is 17.1. The maximum absolute atomic E-state index is 12.8. The van der Waals surface area contributed by atoms with E-state index in [-0.39, 0.29) is 19.5 Å². The molecule has 4 heterocycles. The highest BCUT2D eigenvalue weighted by Gasteiger charge is 2.59. The van der Waals surface area contributed by atoms with Gasteiger partial charge in [-0.25, -0.2) is 13.4 Å². The molecule has 1 saturated heterocycles. The van der Waals surface area contributed by atoms with Crippen molar-refractivity contribution in [2.24, 2.45) is 0 Å². The molecular weight excluding hydrogens is 402 g/mol. The molecule has 0 amide bonds. The quantitative estimate of drug-likeness (QED) is 0.671. The van der Waals surface area contributed by atoms with E-state index in [9.17, 15) is 18.9 Å². The third-order valence-corrected chi connectivity index (χ3v) is 8.92. The first-order valence-electron chi connectivity index (χ1n) is 9.62. The van der Waals surface area contributed by atoms with Gasteiger partial charge < -0.3 is 4.98 Å². The largest absolute Gasteiger partial charge is 0.346 e. The SMILES string of the molecule is CC1(S(=O)(=O)N2CC(CC#N)(n3cc(-c4c(C#N)cnc5[nH]ccc45)cn3)C2)CC1. The van der Waals surface area contributed by atoms with Crippen LogP contribution >= 0.6 is 0 Å². The van der Waals surface area contributed by atoms with Gasteiger partial charge in [0.25, 0.3) is 0 Å². The lowest BCUT2D eigenvalue weighted by Crippen LogP contribution is -2.65. The highest BCUT2D eigenvalue weighted by Crippen LogP contribution is 2.48. The van der Waals surface area contributed by atoms with E-state index >= 15 is 0 Å². The molecule has 0 atom stereocenters. The van der Waals surface area contributed by atoms with Gasteiger partial charge in [-0.15, -0.1) is 0 Å². The molecule has 3 aromatic heterocycles.